The van der Waals surface area contributed by atoms with E-state index in [2.05, 4.69) is 36.5 Å². The zero-order valence-electron chi connectivity index (χ0n) is 15.7. The summed E-state index contributed by atoms with van der Waals surface area (Å²) < 4.78 is 0. The average molecular weight is 393 g/mol. The SMILES string of the molecule is CCc1ccccc1.N=C(c1cccc(SN)c1)c1cc(NC=O)ccc1N. The highest BCUT2D eigenvalue weighted by Crippen LogP contribution is 2.22. The molecular weight excluding hydrogens is 368 g/mol. The molecule has 0 unspecified atom stereocenters. The first-order valence-electron chi connectivity index (χ1n) is 8.78. The van der Waals surface area contributed by atoms with E-state index in [-0.39, 0.29) is 5.71 Å². The third-order valence-corrected chi connectivity index (χ3v) is 4.58. The third kappa shape index (κ3) is 5.97. The molecule has 28 heavy (non-hydrogen) atoms. The molecule has 0 radical (unpaired) electrons. The number of carbonyl (C=O) groups excluding carboxylic acids is 1. The number of nitrogens with one attached hydrogen (secondary N) is 2. The van der Waals surface area contributed by atoms with Gasteiger partial charge < -0.3 is 11.1 Å². The number of nitrogens with two attached hydrogens (primary N) is 2. The Balaban J connectivity index is 0.000000292. The number of anilines is 2. The fourth-order valence-corrected chi connectivity index (χ4v) is 2.88. The Bertz CT molecular complexity index is 929. The fraction of sp³-hybridized carbons (Fsp3) is 0.0909. The minimum absolute atomic E-state index is 0.285. The van der Waals surface area contributed by atoms with Gasteiger partial charge in [0, 0.05) is 27.4 Å². The summed E-state index contributed by atoms with van der Waals surface area (Å²) in [4.78, 5) is 11.3. The van der Waals surface area contributed by atoms with Crippen LogP contribution < -0.4 is 16.2 Å². The summed E-state index contributed by atoms with van der Waals surface area (Å²) in [7, 11) is 0. The smallest absolute Gasteiger partial charge is 0.211 e. The Morgan fingerprint density at radius 2 is 1.82 bits per heavy atom. The normalized spacial score (nSPS) is 9.79. The number of aryl methyl sites for hydroxylation is 1. The van der Waals surface area contributed by atoms with Gasteiger partial charge in [0.05, 0.1) is 5.71 Å². The molecule has 0 saturated carbocycles. The summed E-state index contributed by atoms with van der Waals surface area (Å²) in [5.41, 5.74) is 9.97. The van der Waals surface area contributed by atoms with Crippen LogP contribution in [-0.2, 0) is 11.2 Å². The predicted molar refractivity (Wildman–Crippen MR) is 119 cm³/mol. The fourth-order valence-electron chi connectivity index (χ4n) is 2.52. The lowest BCUT2D eigenvalue weighted by Crippen LogP contribution is -2.07. The Kier molecular flexibility index (Phi) is 8.27. The van der Waals surface area contributed by atoms with Crippen molar-refractivity contribution in [2.24, 2.45) is 5.14 Å². The molecule has 3 rings (SSSR count). The molecule has 0 fully saturated rings. The molecule has 0 bridgehead atoms. The Labute approximate surface area is 169 Å². The van der Waals surface area contributed by atoms with Crippen LogP contribution in [0.1, 0.15) is 23.6 Å². The van der Waals surface area contributed by atoms with Gasteiger partial charge in [-0.05, 0) is 54.3 Å². The minimum Gasteiger partial charge on any atom is -0.398 e. The Morgan fingerprint density at radius 1 is 1.07 bits per heavy atom. The largest absolute Gasteiger partial charge is 0.398 e. The van der Waals surface area contributed by atoms with E-state index in [0.717, 1.165) is 28.8 Å². The second-order valence-electron chi connectivity index (χ2n) is 5.92. The zero-order valence-corrected chi connectivity index (χ0v) is 16.5. The van der Waals surface area contributed by atoms with Crippen molar-refractivity contribution in [2.45, 2.75) is 18.2 Å². The van der Waals surface area contributed by atoms with E-state index in [1.165, 1.54) is 5.56 Å². The van der Waals surface area contributed by atoms with Crippen LogP contribution in [0.4, 0.5) is 11.4 Å². The first-order valence-corrected chi connectivity index (χ1v) is 9.66. The number of amides is 1. The topological polar surface area (TPSA) is 105 Å². The molecule has 144 valence electrons. The van der Waals surface area contributed by atoms with Gasteiger partial charge in [-0.1, -0.05) is 49.4 Å². The molecule has 0 aliphatic carbocycles. The molecule has 0 aliphatic rings. The molecule has 6 N–H and O–H groups in total. The highest BCUT2D eigenvalue weighted by atomic mass is 32.2. The molecule has 6 heteroatoms. The van der Waals surface area contributed by atoms with Crippen molar-refractivity contribution in [1.82, 2.24) is 0 Å². The first kappa shape index (κ1) is 21.2. The second-order valence-corrected chi connectivity index (χ2v) is 6.63. The van der Waals surface area contributed by atoms with E-state index in [4.69, 9.17) is 16.3 Å². The predicted octanol–water partition coefficient (Wildman–Crippen LogP) is 4.47. The molecule has 3 aromatic carbocycles. The van der Waals surface area contributed by atoms with Gasteiger partial charge in [-0.25, -0.2) is 0 Å². The van der Waals surface area contributed by atoms with Gasteiger partial charge in [0.25, 0.3) is 0 Å². The van der Waals surface area contributed by atoms with Crippen LogP contribution in [0.3, 0.4) is 0 Å². The van der Waals surface area contributed by atoms with Gasteiger partial charge in [0.1, 0.15) is 0 Å². The maximum Gasteiger partial charge on any atom is 0.211 e. The molecule has 0 spiro atoms. The van der Waals surface area contributed by atoms with Crippen LogP contribution in [-0.4, -0.2) is 12.1 Å². The van der Waals surface area contributed by atoms with Gasteiger partial charge in [-0.3, -0.25) is 15.3 Å². The number of nitrogen functional groups attached to an aromatic ring is 1. The Hall–Kier alpha value is -3.09. The average Bonchev–Trinajstić information content (AvgIpc) is 2.76. The maximum absolute atomic E-state index is 10.5. The maximum atomic E-state index is 10.5. The highest BCUT2D eigenvalue weighted by Gasteiger charge is 2.10. The second kappa shape index (κ2) is 10.9. The van der Waals surface area contributed by atoms with Crippen molar-refractivity contribution in [1.29, 1.82) is 5.41 Å². The quantitative estimate of drug-likeness (QED) is 0.215. The number of hydrogen-bond donors (Lipinski definition) is 4. The van der Waals surface area contributed by atoms with E-state index in [1.54, 1.807) is 18.2 Å². The number of carbonyl (C=O) groups is 1. The van der Waals surface area contributed by atoms with Crippen molar-refractivity contribution in [3.05, 3.63) is 89.5 Å². The summed E-state index contributed by atoms with van der Waals surface area (Å²) in [6.45, 7) is 2.16. The van der Waals surface area contributed by atoms with Crippen molar-refractivity contribution in [2.75, 3.05) is 11.1 Å². The lowest BCUT2D eigenvalue weighted by atomic mass is 10.0. The molecular formula is C22H24N4OS. The van der Waals surface area contributed by atoms with Crippen LogP contribution >= 0.6 is 11.9 Å². The van der Waals surface area contributed by atoms with Crippen molar-refractivity contribution in [3.8, 4) is 0 Å². The first-order chi connectivity index (χ1) is 13.6. The molecule has 0 atom stereocenters. The van der Waals surface area contributed by atoms with Gasteiger partial charge in [0.15, 0.2) is 0 Å². The van der Waals surface area contributed by atoms with Gasteiger partial charge in [0.2, 0.25) is 6.41 Å². The van der Waals surface area contributed by atoms with Gasteiger partial charge >= 0.3 is 0 Å². The van der Waals surface area contributed by atoms with E-state index in [1.807, 2.05) is 30.3 Å². The minimum atomic E-state index is 0.285. The summed E-state index contributed by atoms with van der Waals surface area (Å²) in [5.74, 6) is 0. The van der Waals surface area contributed by atoms with E-state index >= 15 is 0 Å². The lowest BCUT2D eigenvalue weighted by molar-refractivity contribution is -0.105. The standard InChI is InChI=1S/C14H14N4OS.C8H10/c15-13-5-4-10(18-8-19)7-12(13)14(16)9-2-1-3-11(6-9)20-17;1-2-8-6-4-3-5-7-8/h1-8,16H,15,17H2,(H,18,19);3-7H,2H2,1H3. The Morgan fingerprint density at radius 3 is 2.43 bits per heavy atom. The van der Waals surface area contributed by atoms with Gasteiger partial charge in [-0.2, -0.15) is 0 Å². The zero-order chi connectivity index (χ0) is 20.4. The number of hydrogen-bond acceptors (Lipinski definition) is 5. The number of benzene rings is 3. The molecule has 5 nitrogen and oxygen atoms in total. The molecule has 0 saturated heterocycles. The molecule has 3 aromatic rings. The summed E-state index contributed by atoms with van der Waals surface area (Å²) in [6.07, 6.45) is 1.73. The number of rotatable bonds is 6. The monoisotopic (exact) mass is 392 g/mol. The molecule has 0 aromatic heterocycles. The van der Waals surface area contributed by atoms with Crippen LogP contribution in [0.15, 0.2) is 77.7 Å². The summed E-state index contributed by atoms with van der Waals surface area (Å²) in [6, 6.07) is 22.8. The van der Waals surface area contributed by atoms with Crippen LogP contribution in [0.2, 0.25) is 0 Å². The van der Waals surface area contributed by atoms with Crippen LogP contribution in [0, 0.1) is 5.41 Å². The lowest BCUT2D eigenvalue weighted by Gasteiger charge is -2.10. The van der Waals surface area contributed by atoms with Crippen molar-refractivity contribution in [3.63, 3.8) is 0 Å². The van der Waals surface area contributed by atoms with Crippen molar-refractivity contribution >= 4 is 35.4 Å². The summed E-state index contributed by atoms with van der Waals surface area (Å²) >= 11 is 1.12. The van der Waals surface area contributed by atoms with Crippen LogP contribution in [0.25, 0.3) is 0 Å². The van der Waals surface area contributed by atoms with Gasteiger partial charge in [-0.15, -0.1) is 0 Å². The molecule has 0 aliphatic heterocycles. The van der Waals surface area contributed by atoms with E-state index < -0.39 is 0 Å². The third-order valence-electron chi connectivity index (χ3n) is 4.06. The molecule has 1 amide bonds. The van der Waals surface area contributed by atoms with E-state index in [0.29, 0.717) is 23.3 Å². The summed E-state index contributed by atoms with van der Waals surface area (Å²) in [5, 5.41) is 16.3. The van der Waals surface area contributed by atoms with Crippen LogP contribution in [0.5, 0.6) is 0 Å². The van der Waals surface area contributed by atoms with Crippen molar-refractivity contribution < 1.29 is 4.79 Å². The molecule has 0 heterocycles. The van der Waals surface area contributed by atoms with E-state index in [9.17, 15) is 4.79 Å². The highest BCUT2D eigenvalue weighted by molar-refractivity contribution is 7.97.